The van der Waals surface area contributed by atoms with Crippen LogP contribution in [0.3, 0.4) is 0 Å². The molecule has 0 atom stereocenters. The van der Waals surface area contributed by atoms with Gasteiger partial charge in [-0.3, -0.25) is 9.59 Å². The van der Waals surface area contributed by atoms with Gasteiger partial charge in [0.05, 0.1) is 6.21 Å². The Bertz CT molecular complexity index is 1220. The second-order valence-corrected chi connectivity index (χ2v) is 8.46. The molecule has 0 saturated heterocycles. The van der Waals surface area contributed by atoms with Crippen LogP contribution >= 0.6 is 15.9 Å². The lowest BCUT2D eigenvalue weighted by Crippen LogP contribution is -2.32. The molecule has 0 saturated carbocycles. The first-order chi connectivity index (χ1) is 16.9. The van der Waals surface area contributed by atoms with E-state index in [1.165, 1.54) is 12.3 Å². The molecule has 0 fully saturated rings. The van der Waals surface area contributed by atoms with Crippen molar-refractivity contribution in [1.82, 2.24) is 10.7 Å². The Kier molecular flexibility index (Phi) is 9.20. The van der Waals surface area contributed by atoms with Crippen LogP contribution in [0.5, 0.6) is 5.75 Å². The highest BCUT2D eigenvalue weighted by Crippen LogP contribution is 2.20. The van der Waals surface area contributed by atoms with Crippen LogP contribution in [0.4, 0.5) is 5.69 Å². The number of benzene rings is 3. The Labute approximate surface area is 213 Å². The predicted octanol–water partition coefficient (Wildman–Crippen LogP) is 4.92. The summed E-state index contributed by atoms with van der Waals surface area (Å²) in [5.41, 5.74) is 5.11. The third-order valence-electron chi connectivity index (χ3n) is 5.22. The maximum atomic E-state index is 12.9. The molecule has 0 aromatic heterocycles. The summed E-state index contributed by atoms with van der Waals surface area (Å²) in [5, 5.41) is 16.6. The van der Waals surface area contributed by atoms with Crippen molar-refractivity contribution >= 4 is 45.7 Å². The van der Waals surface area contributed by atoms with Crippen molar-refractivity contribution in [3.05, 3.63) is 99.7 Å². The molecule has 3 aromatic carbocycles. The largest absolute Gasteiger partial charge is 0.507 e. The fourth-order valence-electron chi connectivity index (χ4n) is 3.33. The summed E-state index contributed by atoms with van der Waals surface area (Å²) in [6, 6.07) is 21.2. The van der Waals surface area contributed by atoms with Gasteiger partial charge in [0.25, 0.3) is 11.8 Å². The fraction of sp³-hybridized carbons (Fsp3) is 0.148. The smallest absolute Gasteiger partial charge is 0.287 e. The van der Waals surface area contributed by atoms with E-state index < -0.39 is 11.8 Å². The van der Waals surface area contributed by atoms with Crippen molar-refractivity contribution in [3.63, 3.8) is 0 Å². The molecule has 2 amide bonds. The molecule has 0 heterocycles. The average Bonchev–Trinajstić information content (AvgIpc) is 2.87. The summed E-state index contributed by atoms with van der Waals surface area (Å²) >= 11 is 3.33. The van der Waals surface area contributed by atoms with Gasteiger partial charge in [-0.1, -0.05) is 46.3 Å². The second-order valence-electron chi connectivity index (χ2n) is 7.54. The molecular formula is C27H27BrN4O3. The van der Waals surface area contributed by atoms with E-state index in [-0.39, 0.29) is 11.4 Å². The molecular weight excluding hydrogens is 508 g/mol. The van der Waals surface area contributed by atoms with Crippen molar-refractivity contribution in [2.75, 3.05) is 18.0 Å². The summed E-state index contributed by atoms with van der Waals surface area (Å²) in [5.74, 6) is -0.999. The maximum absolute atomic E-state index is 12.9. The number of phenols is 1. The molecule has 0 aliphatic carbocycles. The van der Waals surface area contributed by atoms with E-state index in [1.807, 2.05) is 30.3 Å². The number of halogens is 1. The van der Waals surface area contributed by atoms with Gasteiger partial charge in [-0.15, -0.1) is 0 Å². The lowest BCUT2D eigenvalue weighted by Gasteiger charge is -2.20. The number of amides is 2. The Hall–Kier alpha value is -3.91. The number of rotatable bonds is 9. The van der Waals surface area contributed by atoms with E-state index in [4.69, 9.17) is 0 Å². The highest BCUT2D eigenvalue weighted by Gasteiger charge is 2.14. The number of anilines is 1. The van der Waals surface area contributed by atoms with E-state index in [1.54, 1.807) is 42.5 Å². The minimum absolute atomic E-state index is 0.0210. The van der Waals surface area contributed by atoms with Crippen LogP contribution < -0.4 is 15.6 Å². The average molecular weight is 535 g/mol. The molecule has 35 heavy (non-hydrogen) atoms. The number of carbonyl (C=O) groups excluding carboxylic acids is 2. The number of nitrogens with one attached hydrogen (secondary N) is 2. The lowest BCUT2D eigenvalue weighted by molar-refractivity contribution is -0.117. The Morgan fingerprint density at radius 2 is 1.69 bits per heavy atom. The van der Waals surface area contributed by atoms with Crippen LogP contribution in [0, 0.1) is 0 Å². The van der Waals surface area contributed by atoms with Gasteiger partial charge in [-0.05, 0) is 68.0 Å². The van der Waals surface area contributed by atoms with E-state index >= 15 is 0 Å². The van der Waals surface area contributed by atoms with Gasteiger partial charge in [0.1, 0.15) is 11.4 Å². The van der Waals surface area contributed by atoms with Crippen LogP contribution in [0.1, 0.15) is 35.3 Å². The molecule has 3 N–H and O–H groups in total. The van der Waals surface area contributed by atoms with Crippen molar-refractivity contribution in [2.45, 2.75) is 13.8 Å². The molecule has 0 spiro atoms. The monoisotopic (exact) mass is 534 g/mol. The van der Waals surface area contributed by atoms with Crippen molar-refractivity contribution in [3.8, 4) is 5.75 Å². The number of carbonyl (C=O) groups is 2. The highest BCUT2D eigenvalue weighted by atomic mass is 79.9. The zero-order chi connectivity index (χ0) is 25.2. The molecule has 0 bridgehead atoms. The zero-order valence-electron chi connectivity index (χ0n) is 19.5. The van der Waals surface area contributed by atoms with Gasteiger partial charge >= 0.3 is 0 Å². The second kappa shape index (κ2) is 12.5. The molecule has 180 valence electrons. The van der Waals surface area contributed by atoms with Crippen LogP contribution in [-0.2, 0) is 4.79 Å². The topological polar surface area (TPSA) is 94.0 Å². The quantitative estimate of drug-likeness (QED) is 0.206. The first-order valence-electron chi connectivity index (χ1n) is 11.2. The maximum Gasteiger partial charge on any atom is 0.287 e. The first kappa shape index (κ1) is 25.7. The third kappa shape index (κ3) is 7.28. The van der Waals surface area contributed by atoms with Gasteiger partial charge in [-0.2, -0.15) is 5.10 Å². The van der Waals surface area contributed by atoms with Crippen molar-refractivity contribution in [2.24, 2.45) is 5.10 Å². The van der Waals surface area contributed by atoms with Crippen LogP contribution in [-0.4, -0.2) is 36.2 Å². The van der Waals surface area contributed by atoms with Crippen molar-refractivity contribution in [1.29, 1.82) is 0 Å². The number of nitrogens with zero attached hydrogens (tertiary/aromatic N) is 2. The minimum atomic E-state index is -0.604. The molecule has 0 aliphatic rings. The summed E-state index contributed by atoms with van der Waals surface area (Å²) in [4.78, 5) is 27.9. The van der Waals surface area contributed by atoms with Gasteiger partial charge in [0, 0.05) is 34.4 Å². The molecule has 7 nitrogen and oxygen atoms in total. The number of hydrazone groups is 1. The summed E-state index contributed by atoms with van der Waals surface area (Å²) in [6.45, 7) is 5.95. The lowest BCUT2D eigenvalue weighted by atomic mass is 10.1. The summed E-state index contributed by atoms with van der Waals surface area (Å²) in [7, 11) is 0. The van der Waals surface area contributed by atoms with Gasteiger partial charge in [0.15, 0.2) is 0 Å². The van der Waals surface area contributed by atoms with Crippen LogP contribution in [0.2, 0.25) is 0 Å². The van der Waals surface area contributed by atoms with Gasteiger partial charge in [-0.25, -0.2) is 5.43 Å². The van der Waals surface area contributed by atoms with E-state index in [2.05, 4.69) is 50.5 Å². The van der Waals surface area contributed by atoms with Crippen LogP contribution in [0.15, 0.2) is 88.1 Å². The summed E-state index contributed by atoms with van der Waals surface area (Å²) in [6.07, 6.45) is 2.92. The van der Waals surface area contributed by atoms with Gasteiger partial charge in [0.2, 0.25) is 0 Å². The molecule has 8 heteroatoms. The highest BCUT2D eigenvalue weighted by molar-refractivity contribution is 9.10. The fourth-order valence-corrected chi connectivity index (χ4v) is 3.71. The van der Waals surface area contributed by atoms with Crippen LogP contribution in [0.25, 0.3) is 6.08 Å². The first-order valence-corrected chi connectivity index (χ1v) is 12.0. The van der Waals surface area contributed by atoms with E-state index in [9.17, 15) is 14.7 Å². The van der Waals surface area contributed by atoms with E-state index in [0.717, 1.165) is 28.8 Å². The molecule has 0 radical (unpaired) electrons. The number of hydrogen-bond acceptors (Lipinski definition) is 5. The Balaban J connectivity index is 1.84. The Morgan fingerprint density at radius 3 is 2.34 bits per heavy atom. The van der Waals surface area contributed by atoms with Gasteiger partial charge < -0.3 is 15.3 Å². The SMILES string of the molecule is CCN(CC)c1ccc(/C=C(\NC(=O)c2ccccc2)C(=O)NN=Cc2cc(Br)ccc2O)cc1. The molecule has 3 rings (SSSR count). The number of phenolic OH excluding ortho intramolecular Hbond substituents is 1. The van der Waals surface area contributed by atoms with E-state index in [0.29, 0.717) is 11.1 Å². The molecule has 0 aliphatic heterocycles. The van der Waals surface area contributed by atoms with Crippen molar-refractivity contribution < 1.29 is 14.7 Å². The number of aromatic hydroxyl groups is 1. The standard InChI is InChI=1S/C27H27BrN4O3/c1-3-32(4-2)23-13-10-19(11-14-23)16-24(30-26(34)20-8-6-5-7-9-20)27(35)31-29-18-21-17-22(28)12-15-25(21)33/h5-18,33H,3-4H2,1-2H3,(H,30,34)(H,31,35)/b24-16-,29-18?. The number of hydrogen-bond donors (Lipinski definition) is 3. The third-order valence-corrected chi connectivity index (χ3v) is 5.71. The molecule has 0 unspecified atom stereocenters. The summed E-state index contributed by atoms with van der Waals surface area (Å²) < 4.78 is 0.756. The molecule has 3 aromatic rings. The predicted molar refractivity (Wildman–Crippen MR) is 143 cm³/mol. The zero-order valence-corrected chi connectivity index (χ0v) is 21.1. The minimum Gasteiger partial charge on any atom is -0.507 e. The Morgan fingerprint density at radius 1 is 1.00 bits per heavy atom. The normalized spacial score (nSPS) is 11.3.